The number of thioether (sulfide) groups is 1. The van der Waals surface area contributed by atoms with Crippen LogP contribution in [0.2, 0.25) is 0 Å². The molecule has 20 heavy (non-hydrogen) atoms. The maximum absolute atomic E-state index is 12.2. The number of carbonyl (C=O) groups excluding carboxylic acids is 1. The van der Waals surface area contributed by atoms with Crippen molar-refractivity contribution in [1.82, 2.24) is 0 Å². The molecular formula is C14H10BrF2NOS. The second kappa shape index (κ2) is 6.85. The highest BCUT2D eigenvalue weighted by molar-refractivity contribution is 9.10. The summed E-state index contributed by atoms with van der Waals surface area (Å²) in [6, 6.07) is 13.3. The number of carbonyl (C=O) groups is 1. The van der Waals surface area contributed by atoms with Crippen molar-refractivity contribution in [3.05, 3.63) is 58.6 Å². The Kier molecular flexibility index (Phi) is 5.14. The van der Waals surface area contributed by atoms with Crippen LogP contribution < -0.4 is 5.32 Å². The van der Waals surface area contributed by atoms with Crippen LogP contribution in [0.4, 0.5) is 14.5 Å². The summed E-state index contributed by atoms with van der Waals surface area (Å²) in [7, 11) is 0. The Morgan fingerprint density at radius 2 is 1.85 bits per heavy atom. The molecule has 0 radical (unpaired) electrons. The molecule has 0 atom stereocenters. The minimum absolute atomic E-state index is 0.249. The summed E-state index contributed by atoms with van der Waals surface area (Å²) in [5.41, 5.74) is 1.08. The van der Waals surface area contributed by atoms with Gasteiger partial charge in [0.1, 0.15) is 0 Å². The van der Waals surface area contributed by atoms with Crippen LogP contribution in [0.15, 0.2) is 57.9 Å². The fraction of sp³-hybridized carbons (Fsp3) is 0.0714. The number of hydrogen-bond donors (Lipinski definition) is 1. The Morgan fingerprint density at radius 1 is 1.15 bits per heavy atom. The number of anilines is 1. The van der Waals surface area contributed by atoms with Crippen LogP contribution in [0.1, 0.15) is 10.4 Å². The fourth-order valence-electron chi connectivity index (χ4n) is 1.55. The van der Waals surface area contributed by atoms with Crippen molar-refractivity contribution in [3.8, 4) is 0 Å². The van der Waals surface area contributed by atoms with Crippen LogP contribution >= 0.6 is 27.7 Å². The van der Waals surface area contributed by atoms with Gasteiger partial charge < -0.3 is 5.32 Å². The van der Waals surface area contributed by atoms with Crippen LogP contribution in [0.5, 0.6) is 0 Å². The predicted molar refractivity (Wildman–Crippen MR) is 80.4 cm³/mol. The zero-order chi connectivity index (χ0) is 14.5. The van der Waals surface area contributed by atoms with Crippen molar-refractivity contribution < 1.29 is 13.6 Å². The first-order chi connectivity index (χ1) is 9.54. The number of nitrogens with one attached hydrogen (secondary N) is 1. The Morgan fingerprint density at radius 3 is 2.45 bits per heavy atom. The summed E-state index contributed by atoms with van der Waals surface area (Å²) in [5, 5.41) is 2.71. The molecule has 0 spiro atoms. The molecule has 2 nitrogen and oxygen atoms in total. The van der Waals surface area contributed by atoms with Gasteiger partial charge in [0, 0.05) is 20.6 Å². The first kappa shape index (κ1) is 15.0. The van der Waals surface area contributed by atoms with Crippen molar-refractivity contribution in [2.75, 3.05) is 5.32 Å². The molecular weight excluding hydrogens is 348 g/mol. The molecule has 1 amide bonds. The van der Waals surface area contributed by atoms with Crippen molar-refractivity contribution in [3.63, 3.8) is 0 Å². The lowest BCUT2D eigenvalue weighted by molar-refractivity contribution is 0.102. The van der Waals surface area contributed by atoms with Crippen LogP contribution in [0.25, 0.3) is 0 Å². The maximum Gasteiger partial charge on any atom is 0.288 e. The number of amides is 1. The van der Waals surface area contributed by atoms with Gasteiger partial charge in [0.2, 0.25) is 0 Å². The molecule has 0 heterocycles. The quantitative estimate of drug-likeness (QED) is 0.778. The first-order valence-electron chi connectivity index (χ1n) is 5.66. The molecule has 0 aliphatic heterocycles. The van der Waals surface area contributed by atoms with Crippen molar-refractivity contribution in [2.45, 2.75) is 10.7 Å². The predicted octanol–water partition coefficient (Wildman–Crippen LogP) is 5.02. The van der Waals surface area contributed by atoms with E-state index in [1.807, 2.05) is 6.07 Å². The van der Waals surface area contributed by atoms with E-state index in [1.165, 1.54) is 0 Å². The molecule has 0 unspecified atom stereocenters. The Hall–Kier alpha value is -1.40. The van der Waals surface area contributed by atoms with Crippen LogP contribution in [-0.4, -0.2) is 11.7 Å². The molecule has 0 saturated carbocycles. The Bertz CT molecular complexity index is 604. The van der Waals surface area contributed by atoms with Gasteiger partial charge in [0.05, 0.1) is 0 Å². The van der Waals surface area contributed by atoms with E-state index in [2.05, 4.69) is 21.2 Å². The first-order valence-corrected chi connectivity index (χ1v) is 7.33. The summed E-state index contributed by atoms with van der Waals surface area (Å²) in [6.45, 7) is 0. The average Bonchev–Trinajstić information content (AvgIpc) is 2.40. The van der Waals surface area contributed by atoms with Gasteiger partial charge in [-0.05, 0) is 42.5 Å². The van der Waals surface area contributed by atoms with Gasteiger partial charge in [0.25, 0.3) is 11.7 Å². The maximum atomic E-state index is 12.2. The zero-order valence-electron chi connectivity index (χ0n) is 10.1. The lowest BCUT2D eigenvalue weighted by Crippen LogP contribution is -2.11. The fourth-order valence-corrected chi connectivity index (χ4v) is 2.45. The molecule has 0 aromatic heterocycles. The van der Waals surface area contributed by atoms with E-state index < -0.39 is 5.76 Å². The molecule has 0 bridgehead atoms. The van der Waals surface area contributed by atoms with Gasteiger partial charge in [-0.2, -0.15) is 8.78 Å². The van der Waals surface area contributed by atoms with Gasteiger partial charge in [-0.25, -0.2) is 0 Å². The van der Waals surface area contributed by atoms with Gasteiger partial charge in [-0.1, -0.05) is 33.8 Å². The van der Waals surface area contributed by atoms with E-state index in [4.69, 9.17) is 0 Å². The van der Waals surface area contributed by atoms with E-state index in [0.717, 1.165) is 4.47 Å². The average molecular weight is 358 g/mol. The van der Waals surface area contributed by atoms with Crippen molar-refractivity contribution >= 4 is 39.3 Å². The van der Waals surface area contributed by atoms with Crippen LogP contribution in [-0.2, 0) is 0 Å². The number of alkyl halides is 2. The SMILES string of the molecule is O=C(Nc1ccc(SC(F)F)cc1)c1cccc(Br)c1. The van der Waals surface area contributed by atoms with E-state index in [0.29, 0.717) is 27.9 Å². The third kappa shape index (κ3) is 4.31. The third-order valence-corrected chi connectivity index (χ3v) is 3.64. The summed E-state index contributed by atoms with van der Waals surface area (Å²) < 4.78 is 25.2. The van der Waals surface area contributed by atoms with Crippen molar-refractivity contribution in [1.29, 1.82) is 0 Å². The molecule has 0 saturated heterocycles. The molecule has 104 valence electrons. The van der Waals surface area contributed by atoms with Gasteiger partial charge in [-0.15, -0.1) is 0 Å². The van der Waals surface area contributed by atoms with Gasteiger partial charge >= 0.3 is 0 Å². The lowest BCUT2D eigenvalue weighted by Gasteiger charge is -2.06. The number of hydrogen-bond acceptors (Lipinski definition) is 2. The lowest BCUT2D eigenvalue weighted by atomic mass is 10.2. The van der Waals surface area contributed by atoms with Crippen molar-refractivity contribution in [2.24, 2.45) is 0 Å². The zero-order valence-corrected chi connectivity index (χ0v) is 12.5. The van der Waals surface area contributed by atoms with E-state index in [9.17, 15) is 13.6 Å². The van der Waals surface area contributed by atoms with E-state index in [-0.39, 0.29) is 5.91 Å². The second-order valence-corrected chi connectivity index (χ2v) is 5.85. The number of rotatable bonds is 4. The van der Waals surface area contributed by atoms with Gasteiger partial charge in [0.15, 0.2) is 0 Å². The molecule has 2 aromatic rings. The summed E-state index contributed by atoms with van der Waals surface area (Å²) in [6.07, 6.45) is 0. The largest absolute Gasteiger partial charge is 0.322 e. The monoisotopic (exact) mass is 357 g/mol. The smallest absolute Gasteiger partial charge is 0.288 e. The molecule has 2 rings (SSSR count). The number of halogens is 3. The van der Waals surface area contributed by atoms with E-state index in [1.54, 1.807) is 42.5 Å². The molecule has 0 fully saturated rings. The number of benzene rings is 2. The standard InChI is InChI=1S/C14H10BrF2NOS/c15-10-3-1-2-9(8-10)13(19)18-11-4-6-12(7-5-11)20-14(16)17/h1-8,14H,(H,18,19). The Balaban J connectivity index is 2.04. The highest BCUT2D eigenvalue weighted by Gasteiger charge is 2.08. The minimum atomic E-state index is -2.45. The molecule has 6 heteroatoms. The molecule has 2 aromatic carbocycles. The topological polar surface area (TPSA) is 29.1 Å². The summed E-state index contributed by atoms with van der Waals surface area (Å²) >= 11 is 3.77. The molecule has 0 aliphatic carbocycles. The summed E-state index contributed by atoms with van der Waals surface area (Å²) in [5.74, 6) is -2.70. The summed E-state index contributed by atoms with van der Waals surface area (Å²) in [4.78, 5) is 12.4. The molecule has 1 N–H and O–H groups in total. The van der Waals surface area contributed by atoms with Crippen LogP contribution in [0.3, 0.4) is 0 Å². The minimum Gasteiger partial charge on any atom is -0.322 e. The van der Waals surface area contributed by atoms with Crippen LogP contribution in [0, 0.1) is 0 Å². The second-order valence-electron chi connectivity index (χ2n) is 3.87. The normalized spacial score (nSPS) is 10.6. The van der Waals surface area contributed by atoms with E-state index >= 15 is 0 Å². The molecule has 0 aliphatic rings. The highest BCUT2D eigenvalue weighted by Crippen LogP contribution is 2.26. The van der Waals surface area contributed by atoms with Gasteiger partial charge in [-0.3, -0.25) is 4.79 Å². The third-order valence-electron chi connectivity index (χ3n) is 2.42. The highest BCUT2D eigenvalue weighted by atomic mass is 79.9. The Labute approximate surface area is 127 Å².